The largest absolute Gasteiger partial charge is 0.403 e. The Hall–Kier alpha value is -0.743. The van der Waals surface area contributed by atoms with E-state index in [1.807, 2.05) is 0 Å². The lowest BCUT2D eigenvalue weighted by molar-refractivity contribution is 0.220. The van der Waals surface area contributed by atoms with Crippen molar-refractivity contribution in [2.45, 2.75) is 135 Å². The van der Waals surface area contributed by atoms with E-state index in [0.717, 1.165) is 38.5 Å². The number of aliphatic hydroxyl groups excluding tert-OH is 1. The molecule has 0 amide bonds. The van der Waals surface area contributed by atoms with Crippen LogP contribution in [0.3, 0.4) is 0 Å². The molecule has 168 valence electrons. The topological polar surface area (TPSA) is 29.5 Å². The Morgan fingerprint density at radius 1 is 0.793 bits per heavy atom. The van der Waals surface area contributed by atoms with Gasteiger partial charge in [0.15, 0.2) is 8.32 Å². The van der Waals surface area contributed by atoms with Crippen LogP contribution in [0, 0.1) is 23.7 Å². The van der Waals surface area contributed by atoms with Gasteiger partial charge in [0.2, 0.25) is 0 Å². The quantitative estimate of drug-likeness (QED) is 0.179. The first-order chi connectivity index (χ1) is 13.7. The summed E-state index contributed by atoms with van der Waals surface area (Å²) in [6.07, 6.45) is 14.6. The van der Waals surface area contributed by atoms with Crippen LogP contribution < -0.4 is 0 Å². The molecule has 0 aliphatic rings. The highest BCUT2D eigenvalue weighted by molar-refractivity contribution is 6.74. The highest BCUT2D eigenvalue weighted by Gasteiger charge is 2.38. The Morgan fingerprint density at radius 3 is 1.83 bits per heavy atom. The van der Waals surface area contributed by atoms with Crippen molar-refractivity contribution in [1.29, 1.82) is 0 Å². The average molecular weight is 421 g/mol. The normalized spacial score (nSPS) is 12.7. The molecule has 0 saturated heterocycles. The van der Waals surface area contributed by atoms with Crippen molar-refractivity contribution < 1.29 is 9.53 Å². The van der Waals surface area contributed by atoms with Gasteiger partial charge in [0.05, 0.1) is 0 Å². The number of hydrogen-bond acceptors (Lipinski definition) is 2. The second-order valence-corrected chi connectivity index (χ2v) is 14.4. The molecule has 0 bridgehead atoms. The Labute approximate surface area is 183 Å². The van der Waals surface area contributed by atoms with Crippen LogP contribution in [0.1, 0.15) is 111 Å². The fourth-order valence-corrected chi connectivity index (χ4v) is 3.97. The summed E-state index contributed by atoms with van der Waals surface area (Å²) in [4.78, 5) is 0. The molecule has 0 aliphatic carbocycles. The third-order valence-electron chi connectivity index (χ3n) is 5.76. The maximum Gasteiger partial charge on any atom is 0.193 e. The van der Waals surface area contributed by atoms with Crippen molar-refractivity contribution in [3.63, 3.8) is 0 Å². The molecule has 0 radical (unpaired) electrons. The summed E-state index contributed by atoms with van der Waals surface area (Å²) in [6.45, 7) is 14.1. The maximum absolute atomic E-state index is 8.72. The molecule has 0 heterocycles. The molecular formula is C26H48O2Si. The van der Waals surface area contributed by atoms with Crippen LogP contribution in [-0.2, 0) is 4.43 Å². The molecule has 3 heteroatoms. The molecule has 29 heavy (non-hydrogen) atoms. The monoisotopic (exact) mass is 420 g/mol. The second-order valence-electron chi connectivity index (χ2n) is 9.63. The van der Waals surface area contributed by atoms with Crippen molar-refractivity contribution in [2.75, 3.05) is 6.61 Å². The number of unbranched alkanes of at least 4 members (excludes halogenated alkanes) is 9. The van der Waals surface area contributed by atoms with Crippen molar-refractivity contribution in [3.05, 3.63) is 0 Å². The molecule has 0 rings (SSSR count). The van der Waals surface area contributed by atoms with Crippen LogP contribution in [0.5, 0.6) is 0 Å². The van der Waals surface area contributed by atoms with Crippen LogP contribution in [-0.4, -0.2) is 26.1 Å². The van der Waals surface area contributed by atoms with Crippen LogP contribution >= 0.6 is 0 Å². The van der Waals surface area contributed by atoms with Gasteiger partial charge in [-0.2, -0.15) is 0 Å². The lowest BCUT2D eigenvalue weighted by Crippen LogP contribution is -2.43. The minimum Gasteiger partial charge on any atom is -0.403 e. The van der Waals surface area contributed by atoms with Gasteiger partial charge in [0, 0.05) is 25.9 Å². The predicted octanol–water partition coefficient (Wildman–Crippen LogP) is 7.47. The standard InChI is InChI=1S/C26H48O2Si/c1-7-8-22-25(28-29(5,6)26(2,3)4)23-20-18-16-14-12-10-9-11-13-15-17-19-21-24-27/h25,27H,7-12,14,16-19,21-22,24H2,1-6H3. The zero-order valence-electron chi connectivity index (χ0n) is 20.3. The predicted molar refractivity (Wildman–Crippen MR) is 130 cm³/mol. The molecule has 1 N–H and O–H groups in total. The average Bonchev–Trinajstić information content (AvgIpc) is 2.65. The molecule has 0 fully saturated rings. The van der Waals surface area contributed by atoms with Gasteiger partial charge in [0.25, 0.3) is 0 Å². The lowest BCUT2D eigenvalue weighted by Gasteiger charge is -2.38. The Kier molecular flexibility index (Phi) is 16.6. The van der Waals surface area contributed by atoms with Gasteiger partial charge in [-0.25, -0.2) is 0 Å². The molecule has 1 atom stereocenters. The van der Waals surface area contributed by atoms with Crippen LogP contribution in [0.25, 0.3) is 0 Å². The van der Waals surface area contributed by atoms with Gasteiger partial charge >= 0.3 is 0 Å². The summed E-state index contributed by atoms with van der Waals surface area (Å²) >= 11 is 0. The van der Waals surface area contributed by atoms with Gasteiger partial charge < -0.3 is 9.53 Å². The molecular weight excluding hydrogens is 372 g/mol. The van der Waals surface area contributed by atoms with E-state index in [2.05, 4.69) is 64.5 Å². The maximum atomic E-state index is 8.72. The fraction of sp³-hybridized carbons (Fsp3) is 0.846. The van der Waals surface area contributed by atoms with E-state index in [4.69, 9.17) is 9.53 Å². The van der Waals surface area contributed by atoms with E-state index in [1.165, 1.54) is 44.9 Å². The van der Waals surface area contributed by atoms with Gasteiger partial charge in [0.1, 0.15) is 6.10 Å². The van der Waals surface area contributed by atoms with Gasteiger partial charge in [-0.15, -0.1) is 17.8 Å². The Morgan fingerprint density at radius 2 is 1.31 bits per heavy atom. The van der Waals surface area contributed by atoms with Crippen molar-refractivity contribution in [2.24, 2.45) is 0 Å². The number of rotatable bonds is 14. The molecule has 0 aromatic rings. The summed E-state index contributed by atoms with van der Waals surface area (Å²) < 4.78 is 6.56. The minimum atomic E-state index is -1.75. The third-order valence-corrected chi connectivity index (χ3v) is 10.3. The zero-order chi connectivity index (χ0) is 22.0. The first-order valence-corrected chi connectivity index (χ1v) is 14.9. The van der Waals surface area contributed by atoms with E-state index >= 15 is 0 Å². The Bertz CT molecular complexity index is 511. The highest BCUT2D eigenvalue weighted by atomic mass is 28.4. The van der Waals surface area contributed by atoms with Gasteiger partial charge in [-0.3, -0.25) is 0 Å². The van der Waals surface area contributed by atoms with Crippen LogP contribution in [0.2, 0.25) is 18.1 Å². The first-order valence-electron chi connectivity index (χ1n) is 12.0. The zero-order valence-corrected chi connectivity index (χ0v) is 21.3. The molecule has 1 unspecified atom stereocenters. The van der Waals surface area contributed by atoms with E-state index in [1.54, 1.807) is 0 Å². The van der Waals surface area contributed by atoms with Gasteiger partial charge in [-0.1, -0.05) is 65.7 Å². The van der Waals surface area contributed by atoms with Crippen LogP contribution in [0.4, 0.5) is 0 Å². The van der Waals surface area contributed by atoms with Crippen molar-refractivity contribution in [1.82, 2.24) is 0 Å². The summed E-state index contributed by atoms with van der Waals surface area (Å²) in [6, 6.07) is 0. The third kappa shape index (κ3) is 15.7. The minimum absolute atomic E-state index is 0.117. The van der Waals surface area contributed by atoms with Crippen molar-refractivity contribution >= 4 is 8.32 Å². The highest BCUT2D eigenvalue weighted by Crippen LogP contribution is 2.37. The summed E-state index contributed by atoms with van der Waals surface area (Å²) in [5.41, 5.74) is 0. The molecule has 0 aromatic carbocycles. The Balaban J connectivity index is 4.02. The van der Waals surface area contributed by atoms with E-state index in [0.29, 0.717) is 0 Å². The first kappa shape index (κ1) is 28.3. The van der Waals surface area contributed by atoms with Gasteiger partial charge in [-0.05, 0) is 50.2 Å². The summed E-state index contributed by atoms with van der Waals surface area (Å²) in [5.74, 6) is 13.3. The lowest BCUT2D eigenvalue weighted by atomic mass is 10.1. The molecule has 0 saturated carbocycles. The fourth-order valence-electron chi connectivity index (χ4n) is 2.73. The number of hydrogen-bond donors (Lipinski definition) is 1. The summed E-state index contributed by atoms with van der Waals surface area (Å²) in [7, 11) is -1.75. The van der Waals surface area contributed by atoms with E-state index < -0.39 is 8.32 Å². The van der Waals surface area contributed by atoms with Crippen LogP contribution in [0.15, 0.2) is 0 Å². The smallest absolute Gasteiger partial charge is 0.193 e. The molecule has 0 aliphatic heterocycles. The summed E-state index contributed by atoms with van der Waals surface area (Å²) in [5, 5.41) is 8.96. The van der Waals surface area contributed by atoms with E-state index in [9.17, 15) is 0 Å². The van der Waals surface area contributed by atoms with E-state index in [-0.39, 0.29) is 17.7 Å². The second kappa shape index (κ2) is 17.0. The number of aliphatic hydroxyl groups is 1. The molecule has 0 aromatic heterocycles. The van der Waals surface area contributed by atoms with Crippen molar-refractivity contribution in [3.8, 4) is 23.7 Å². The molecule has 2 nitrogen and oxygen atoms in total. The molecule has 0 spiro atoms. The SMILES string of the molecule is CCCCC(C#CCCCCCCCC#CCCCCO)O[Si](C)(C)C(C)(C)C.